The van der Waals surface area contributed by atoms with Crippen LogP contribution in [0.5, 0.6) is 5.75 Å². The van der Waals surface area contributed by atoms with Crippen molar-refractivity contribution in [2.45, 2.75) is 6.92 Å². The smallest absolute Gasteiger partial charge is 0.308 e. The minimum absolute atomic E-state index is 0.318. The van der Waals surface area contributed by atoms with Crippen LogP contribution < -0.4 is 4.74 Å². The van der Waals surface area contributed by atoms with Crippen molar-refractivity contribution in [3.8, 4) is 5.75 Å². The van der Waals surface area contributed by atoms with E-state index in [1.807, 2.05) is 36.4 Å². The van der Waals surface area contributed by atoms with Gasteiger partial charge in [0.15, 0.2) is 0 Å². The highest BCUT2D eigenvalue weighted by Crippen LogP contribution is 2.36. The molecule has 0 unspecified atom stereocenters. The number of fused-ring (bicyclic) bond motifs is 3. The first-order chi connectivity index (χ1) is 8.75. The van der Waals surface area contributed by atoms with Crippen LogP contribution in [0.25, 0.3) is 16.5 Å². The summed E-state index contributed by atoms with van der Waals surface area (Å²) in [5.74, 6) is 1.02. The van der Waals surface area contributed by atoms with Crippen LogP contribution in [0.2, 0.25) is 0 Å². The fraction of sp³-hybridized carbons (Fsp3) is 0.133. The molecule has 0 radical (unpaired) electrons. The number of ether oxygens (including phenoxy) is 2. The molecule has 0 spiro atoms. The van der Waals surface area contributed by atoms with Gasteiger partial charge in [-0.05, 0) is 22.9 Å². The van der Waals surface area contributed by atoms with Crippen molar-refractivity contribution >= 4 is 22.5 Å². The van der Waals surface area contributed by atoms with Gasteiger partial charge in [-0.2, -0.15) is 0 Å². The average molecular weight is 240 g/mol. The molecule has 3 heteroatoms. The van der Waals surface area contributed by atoms with E-state index < -0.39 is 0 Å². The molecular weight excluding hydrogens is 228 g/mol. The summed E-state index contributed by atoms with van der Waals surface area (Å²) in [6.07, 6.45) is 1.79. The van der Waals surface area contributed by atoms with E-state index in [1.165, 1.54) is 6.92 Å². The van der Waals surface area contributed by atoms with Gasteiger partial charge in [0.25, 0.3) is 0 Å². The number of carbonyl (C=O) groups excluding carboxylic acids is 1. The minimum Gasteiger partial charge on any atom is -0.489 e. The SMILES string of the molecule is CC(=O)OC1=CCOc2ccc3ccccc3c21. The molecule has 0 fully saturated rings. The van der Waals surface area contributed by atoms with Crippen molar-refractivity contribution in [1.29, 1.82) is 0 Å². The summed E-state index contributed by atoms with van der Waals surface area (Å²) >= 11 is 0. The second kappa shape index (κ2) is 4.18. The van der Waals surface area contributed by atoms with E-state index in [9.17, 15) is 4.79 Å². The van der Waals surface area contributed by atoms with Gasteiger partial charge in [-0.25, -0.2) is 0 Å². The van der Waals surface area contributed by atoms with E-state index >= 15 is 0 Å². The highest BCUT2D eigenvalue weighted by Gasteiger charge is 2.19. The maximum Gasteiger partial charge on any atom is 0.308 e. The van der Waals surface area contributed by atoms with Crippen molar-refractivity contribution in [1.82, 2.24) is 0 Å². The highest BCUT2D eigenvalue weighted by atomic mass is 16.5. The Kier molecular flexibility index (Phi) is 2.52. The number of esters is 1. The molecule has 3 rings (SSSR count). The molecular formula is C15H12O3. The fourth-order valence-electron chi connectivity index (χ4n) is 2.18. The summed E-state index contributed by atoms with van der Waals surface area (Å²) in [7, 11) is 0. The zero-order valence-corrected chi connectivity index (χ0v) is 9.97. The maximum atomic E-state index is 11.2. The van der Waals surface area contributed by atoms with Crippen LogP contribution in [0, 0.1) is 0 Å². The predicted octanol–water partition coefficient (Wildman–Crippen LogP) is 3.14. The Morgan fingerprint density at radius 3 is 2.89 bits per heavy atom. The summed E-state index contributed by atoms with van der Waals surface area (Å²) in [6.45, 7) is 1.83. The number of hydrogen-bond acceptors (Lipinski definition) is 3. The van der Waals surface area contributed by atoms with Gasteiger partial charge >= 0.3 is 5.97 Å². The first kappa shape index (κ1) is 10.8. The maximum absolute atomic E-state index is 11.2. The summed E-state index contributed by atoms with van der Waals surface area (Å²) in [5, 5.41) is 2.13. The lowest BCUT2D eigenvalue weighted by molar-refractivity contribution is -0.134. The van der Waals surface area contributed by atoms with Crippen molar-refractivity contribution in [3.63, 3.8) is 0 Å². The third-order valence-electron chi connectivity index (χ3n) is 2.90. The monoisotopic (exact) mass is 240 g/mol. The lowest BCUT2D eigenvalue weighted by Crippen LogP contribution is -2.09. The molecule has 0 aromatic heterocycles. The van der Waals surface area contributed by atoms with E-state index in [0.717, 1.165) is 22.1 Å². The molecule has 0 saturated carbocycles. The Labute approximate surface area is 105 Å². The molecule has 0 aliphatic carbocycles. The van der Waals surface area contributed by atoms with Crippen LogP contribution in [-0.4, -0.2) is 12.6 Å². The lowest BCUT2D eigenvalue weighted by Gasteiger charge is -2.19. The molecule has 0 N–H and O–H groups in total. The van der Waals surface area contributed by atoms with Crippen molar-refractivity contribution < 1.29 is 14.3 Å². The normalized spacial score (nSPS) is 13.5. The standard InChI is InChI=1S/C15H12O3/c1-10(16)18-14-8-9-17-13-7-6-11-4-2-3-5-12(11)15(13)14/h2-8H,9H2,1H3. The molecule has 1 aliphatic heterocycles. The van der Waals surface area contributed by atoms with Crippen LogP contribution >= 0.6 is 0 Å². The van der Waals surface area contributed by atoms with E-state index in [1.54, 1.807) is 6.08 Å². The van der Waals surface area contributed by atoms with E-state index in [4.69, 9.17) is 9.47 Å². The Bertz CT molecular complexity index is 656. The molecule has 0 atom stereocenters. The van der Waals surface area contributed by atoms with E-state index in [2.05, 4.69) is 0 Å². The van der Waals surface area contributed by atoms with Gasteiger partial charge in [-0.3, -0.25) is 4.79 Å². The quantitative estimate of drug-likeness (QED) is 0.718. The molecule has 0 amide bonds. The van der Waals surface area contributed by atoms with Gasteiger partial charge in [0, 0.05) is 6.92 Å². The second-order valence-corrected chi connectivity index (χ2v) is 4.13. The topological polar surface area (TPSA) is 35.5 Å². The molecule has 0 bridgehead atoms. The summed E-state index contributed by atoms with van der Waals surface area (Å²) in [5.41, 5.74) is 0.856. The third-order valence-corrected chi connectivity index (χ3v) is 2.90. The predicted molar refractivity (Wildman–Crippen MR) is 69.2 cm³/mol. The van der Waals surface area contributed by atoms with Crippen molar-refractivity contribution in [2.75, 3.05) is 6.61 Å². The summed E-state index contributed by atoms with van der Waals surface area (Å²) in [4.78, 5) is 11.2. The first-order valence-corrected chi connectivity index (χ1v) is 5.79. The molecule has 1 heterocycles. The number of rotatable bonds is 1. The number of hydrogen-bond donors (Lipinski definition) is 0. The Morgan fingerprint density at radius 2 is 2.06 bits per heavy atom. The first-order valence-electron chi connectivity index (χ1n) is 5.79. The molecule has 0 saturated heterocycles. The van der Waals surface area contributed by atoms with Crippen molar-refractivity contribution in [2.24, 2.45) is 0 Å². The van der Waals surface area contributed by atoms with Gasteiger partial charge in [0.05, 0.1) is 5.56 Å². The summed E-state index contributed by atoms with van der Waals surface area (Å²) < 4.78 is 10.8. The molecule has 90 valence electrons. The van der Waals surface area contributed by atoms with Crippen molar-refractivity contribution in [3.05, 3.63) is 48.0 Å². The molecule has 3 nitrogen and oxygen atoms in total. The zero-order chi connectivity index (χ0) is 12.5. The summed E-state index contributed by atoms with van der Waals surface area (Å²) in [6, 6.07) is 11.9. The van der Waals surface area contributed by atoms with E-state index in [0.29, 0.717) is 12.4 Å². The largest absolute Gasteiger partial charge is 0.489 e. The van der Waals surface area contributed by atoms with Crippen LogP contribution in [0.4, 0.5) is 0 Å². The average Bonchev–Trinajstić information content (AvgIpc) is 2.38. The van der Waals surface area contributed by atoms with Gasteiger partial charge in [0.2, 0.25) is 0 Å². The number of carbonyl (C=O) groups is 1. The van der Waals surface area contributed by atoms with Crippen LogP contribution in [0.1, 0.15) is 12.5 Å². The second-order valence-electron chi connectivity index (χ2n) is 4.13. The number of benzene rings is 2. The highest BCUT2D eigenvalue weighted by molar-refractivity contribution is 5.97. The van der Waals surface area contributed by atoms with Crippen LogP contribution in [-0.2, 0) is 9.53 Å². The lowest BCUT2D eigenvalue weighted by atomic mass is 10.0. The Balaban J connectivity index is 2.24. The molecule has 2 aromatic rings. The zero-order valence-electron chi connectivity index (χ0n) is 9.97. The van der Waals surface area contributed by atoms with Gasteiger partial charge in [0.1, 0.15) is 18.1 Å². The van der Waals surface area contributed by atoms with Gasteiger partial charge in [-0.1, -0.05) is 30.3 Å². The molecule has 18 heavy (non-hydrogen) atoms. The minimum atomic E-state index is -0.318. The van der Waals surface area contributed by atoms with Crippen LogP contribution in [0.3, 0.4) is 0 Å². The van der Waals surface area contributed by atoms with Gasteiger partial charge in [-0.15, -0.1) is 0 Å². The third kappa shape index (κ3) is 1.74. The fourth-order valence-corrected chi connectivity index (χ4v) is 2.18. The van der Waals surface area contributed by atoms with E-state index in [-0.39, 0.29) is 5.97 Å². The Hall–Kier alpha value is -2.29. The Morgan fingerprint density at radius 1 is 1.22 bits per heavy atom. The van der Waals surface area contributed by atoms with Gasteiger partial charge < -0.3 is 9.47 Å². The van der Waals surface area contributed by atoms with Crippen LogP contribution in [0.15, 0.2) is 42.5 Å². The molecule has 1 aliphatic rings. The molecule has 2 aromatic carbocycles.